The molecule has 2 unspecified atom stereocenters. The van der Waals surface area contributed by atoms with E-state index in [9.17, 15) is 13.2 Å². The summed E-state index contributed by atoms with van der Waals surface area (Å²) in [5.41, 5.74) is 2.50. The van der Waals surface area contributed by atoms with E-state index in [1.54, 1.807) is 31.2 Å². The fraction of sp³-hybridized carbons (Fsp3) is 0.538. The van der Waals surface area contributed by atoms with E-state index in [1.165, 1.54) is 0 Å². The molecule has 1 aromatic carbocycles. The van der Waals surface area contributed by atoms with Crippen molar-refractivity contribution in [3.05, 3.63) is 29.3 Å². The summed E-state index contributed by atoms with van der Waals surface area (Å²) in [7, 11) is 0. The Bertz CT molecular complexity index is 415. The summed E-state index contributed by atoms with van der Waals surface area (Å²) in [4.78, 5) is 0. The van der Waals surface area contributed by atoms with Gasteiger partial charge in [0.2, 0.25) is 0 Å². The SMILES string of the molecule is CC(Oc1cccc(Cl)c1)C(CCCC(F)(F)F)NN. The number of halogens is 4. The summed E-state index contributed by atoms with van der Waals surface area (Å²) >= 11 is 5.83. The predicted molar refractivity (Wildman–Crippen MR) is 72.6 cm³/mol. The largest absolute Gasteiger partial charge is 0.489 e. The Kier molecular flexibility index (Phi) is 6.58. The highest BCUT2D eigenvalue weighted by Gasteiger charge is 2.27. The van der Waals surface area contributed by atoms with E-state index < -0.39 is 12.6 Å². The third-order valence-electron chi connectivity index (χ3n) is 2.87. The molecule has 0 bridgehead atoms. The average Bonchev–Trinajstić information content (AvgIpc) is 2.33. The second kappa shape index (κ2) is 7.71. The van der Waals surface area contributed by atoms with Gasteiger partial charge in [-0.05, 0) is 38.0 Å². The second-order valence-electron chi connectivity index (χ2n) is 4.56. The molecule has 0 aliphatic heterocycles. The van der Waals surface area contributed by atoms with Crippen LogP contribution in [0.5, 0.6) is 5.75 Å². The van der Waals surface area contributed by atoms with Gasteiger partial charge in [0.05, 0.1) is 6.04 Å². The molecule has 1 rings (SSSR count). The first-order valence-corrected chi connectivity index (χ1v) is 6.64. The molecule has 0 radical (unpaired) electrons. The quantitative estimate of drug-likeness (QED) is 0.596. The zero-order valence-corrected chi connectivity index (χ0v) is 11.8. The van der Waals surface area contributed by atoms with Gasteiger partial charge in [-0.15, -0.1) is 0 Å². The van der Waals surface area contributed by atoms with Crippen molar-refractivity contribution in [1.82, 2.24) is 5.43 Å². The number of hydrogen-bond donors (Lipinski definition) is 2. The highest BCUT2D eigenvalue weighted by Crippen LogP contribution is 2.24. The summed E-state index contributed by atoms with van der Waals surface area (Å²) in [5.74, 6) is 5.93. The van der Waals surface area contributed by atoms with Gasteiger partial charge < -0.3 is 4.74 Å². The Morgan fingerprint density at radius 1 is 1.40 bits per heavy atom. The maximum atomic E-state index is 12.1. The minimum absolute atomic E-state index is 0.00160. The molecule has 0 aromatic heterocycles. The molecule has 3 N–H and O–H groups in total. The van der Waals surface area contributed by atoms with Crippen molar-refractivity contribution in [3.63, 3.8) is 0 Å². The molecule has 0 saturated carbocycles. The Hall–Kier alpha value is -0.980. The van der Waals surface area contributed by atoms with Crippen molar-refractivity contribution in [1.29, 1.82) is 0 Å². The van der Waals surface area contributed by atoms with Gasteiger partial charge in [-0.2, -0.15) is 13.2 Å². The van der Waals surface area contributed by atoms with Gasteiger partial charge in [0.15, 0.2) is 0 Å². The van der Waals surface area contributed by atoms with Gasteiger partial charge in [0.1, 0.15) is 11.9 Å². The van der Waals surface area contributed by atoms with Gasteiger partial charge in [0.25, 0.3) is 0 Å². The minimum Gasteiger partial charge on any atom is -0.489 e. The molecule has 114 valence electrons. The average molecular weight is 311 g/mol. The smallest absolute Gasteiger partial charge is 0.389 e. The van der Waals surface area contributed by atoms with E-state index in [1.807, 2.05) is 0 Å². The van der Waals surface area contributed by atoms with Crippen molar-refractivity contribution in [2.45, 2.75) is 44.5 Å². The number of ether oxygens (including phenoxy) is 1. The van der Waals surface area contributed by atoms with Crippen LogP contribution in [0.3, 0.4) is 0 Å². The van der Waals surface area contributed by atoms with Crippen molar-refractivity contribution in [3.8, 4) is 5.75 Å². The lowest BCUT2D eigenvalue weighted by atomic mass is 10.1. The van der Waals surface area contributed by atoms with Crippen LogP contribution in [-0.4, -0.2) is 18.3 Å². The second-order valence-corrected chi connectivity index (χ2v) is 5.00. The van der Waals surface area contributed by atoms with Gasteiger partial charge >= 0.3 is 6.18 Å². The van der Waals surface area contributed by atoms with Gasteiger partial charge in [-0.25, -0.2) is 0 Å². The van der Waals surface area contributed by atoms with E-state index >= 15 is 0 Å². The highest BCUT2D eigenvalue weighted by atomic mass is 35.5. The van der Waals surface area contributed by atoms with E-state index in [2.05, 4.69) is 5.43 Å². The lowest BCUT2D eigenvalue weighted by Crippen LogP contribution is -2.45. The number of hydrazine groups is 1. The van der Waals surface area contributed by atoms with Crippen LogP contribution in [-0.2, 0) is 0 Å². The van der Waals surface area contributed by atoms with Crippen LogP contribution < -0.4 is 16.0 Å². The number of alkyl halides is 3. The Morgan fingerprint density at radius 2 is 2.10 bits per heavy atom. The lowest BCUT2D eigenvalue weighted by Gasteiger charge is -2.24. The summed E-state index contributed by atoms with van der Waals surface area (Å²) < 4.78 is 41.9. The first kappa shape index (κ1) is 17.1. The highest BCUT2D eigenvalue weighted by molar-refractivity contribution is 6.30. The van der Waals surface area contributed by atoms with Crippen molar-refractivity contribution in [2.24, 2.45) is 5.84 Å². The summed E-state index contributed by atoms with van der Waals surface area (Å²) in [5, 5.41) is 0.532. The molecule has 0 saturated heterocycles. The van der Waals surface area contributed by atoms with Crippen LogP contribution in [0, 0.1) is 0 Å². The molecule has 0 amide bonds. The zero-order chi connectivity index (χ0) is 15.2. The van der Waals surface area contributed by atoms with Crippen LogP contribution in [0.4, 0.5) is 13.2 Å². The molecule has 0 fully saturated rings. The normalized spacial score (nSPS) is 14.9. The molecule has 1 aromatic rings. The Balaban J connectivity index is 2.48. The predicted octanol–water partition coefficient (Wildman–Crippen LogP) is 3.67. The molecule has 7 heteroatoms. The zero-order valence-electron chi connectivity index (χ0n) is 11.1. The Morgan fingerprint density at radius 3 is 2.65 bits per heavy atom. The van der Waals surface area contributed by atoms with E-state index in [-0.39, 0.29) is 25.0 Å². The third kappa shape index (κ3) is 6.45. The number of nitrogens with one attached hydrogen (secondary N) is 1. The molecule has 2 atom stereocenters. The molecular formula is C13H18ClF3N2O. The molecule has 20 heavy (non-hydrogen) atoms. The third-order valence-corrected chi connectivity index (χ3v) is 3.11. The lowest BCUT2D eigenvalue weighted by molar-refractivity contribution is -0.136. The van der Waals surface area contributed by atoms with E-state index in [0.29, 0.717) is 10.8 Å². The number of hydrogen-bond acceptors (Lipinski definition) is 3. The van der Waals surface area contributed by atoms with E-state index in [4.69, 9.17) is 22.2 Å². The number of benzene rings is 1. The van der Waals surface area contributed by atoms with Gasteiger partial charge in [-0.3, -0.25) is 11.3 Å². The molecule has 0 spiro atoms. The standard InChI is InChI=1S/C13H18ClF3N2O/c1-9(20-11-5-2-4-10(14)8-11)12(19-18)6-3-7-13(15,16)17/h2,4-5,8-9,12,19H,3,6-7,18H2,1H3. The van der Waals surface area contributed by atoms with Crippen molar-refractivity contribution in [2.75, 3.05) is 0 Å². The molecule has 3 nitrogen and oxygen atoms in total. The molecular weight excluding hydrogens is 293 g/mol. The fourth-order valence-corrected chi connectivity index (χ4v) is 1.99. The van der Waals surface area contributed by atoms with Crippen LogP contribution in [0.1, 0.15) is 26.2 Å². The van der Waals surface area contributed by atoms with Crippen LogP contribution in [0.25, 0.3) is 0 Å². The first-order valence-electron chi connectivity index (χ1n) is 6.27. The maximum Gasteiger partial charge on any atom is 0.389 e. The summed E-state index contributed by atoms with van der Waals surface area (Å²) in [6, 6.07) is 6.45. The van der Waals surface area contributed by atoms with Gasteiger partial charge in [-0.1, -0.05) is 17.7 Å². The number of nitrogens with two attached hydrogens (primary N) is 1. The maximum absolute atomic E-state index is 12.1. The molecule has 0 aliphatic rings. The summed E-state index contributed by atoms with van der Waals surface area (Å²) in [6.45, 7) is 1.75. The van der Waals surface area contributed by atoms with Crippen molar-refractivity contribution < 1.29 is 17.9 Å². The van der Waals surface area contributed by atoms with Crippen molar-refractivity contribution >= 4 is 11.6 Å². The molecule has 0 heterocycles. The fourth-order valence-electron chi connectivity index (χ4n) is 1.81. The molecule has 0 aliphatic carbocycles. The monoisotopic (exact) mass is 310 g/mol. The van der Waals surface area contributed by atoms with E-state index in [0.717, 1.165) is 0 Å². The number of rotatable bonds is 7. The minimum atomic E-state index is -4.14. The topological polar surface area (TPSA) is 47.3 Å². The summed E-state index contributed by atoms with van der Waals surface area (Å²) in [6.07, 6.45) is -5.06. The first-order chi connectivity index (χ1) is 9.31. The van der Waals surface area contributed by atoms with Crippen LogP contribution in [0.15, 0.2) is 24.3 Å². The van der Waals surface area contributed by atoms with Gasteiger partial charge in [0, 0.05) is 11.4 Å². The van der Waals surface area contributed by atoms with Crippen LogP contribution >= 0.6 is 11.6 Å². The Labute approximate surface area is 121 Å². The van der Waals surface area contributed by atoms with Crippen LogP contribution in [0.2, 0.25) is 5.02 Å².